The van der Waals surface area contributed by atoms with E-state index in [4.69, 9.17) is 4.52 Å². The summed E-state index contributed by atoms with van der Waals surface area (Å²) in [6.45, 7) is 3.16. The first-order valence-corrected chi connectivity index (χ1v) is 7.57. The van der Waals surface area contributed by atoms with Crippen molar-refractivity contribution >= 4 is 5.91 Å². The van der Waals surface area contributed by atoms with Crippen LogP contribution in [-0.2, 0) is 13.1 Å². The number of hydrogen-bond donors (Lipinski definition) is 0. The number of carbonyl (C=O) groups is 1. The van der Waals surface area contributed by atoms with Crippen LogP contribution in [0.2, 0.25) is 0 Å². The van der Waals surface area contributed by atoms with Gasteiger partial charge in [-0.05, 0) is 37.3 Å². The molecule has 0 unspecified atom stereocenters. The molecule has 7 heteroatoms. The second-order valence-electron chi connectivity index (χ2n) is 5.41. The molecule has 0 aliphatic heterocycles. The van der Waals surface area contributed by atoms with Gasteiger partial charge < -0.3 is 9.42 Å². The van der Waals surface area contributed by atoms with Crippen LogP contribution in [0.3, 0.4) is 0 Å². The highest BCUT2D eigenvalue weighted by atomic mass is 19.1. The molecule has 0 aliphatic rings. The van der Waals surface area contributed by atoms with Crippen molar-refractivity contribution in [1.82, 2.24) is 19.8 Å². The number of nitrogens with zero attached hydrogens (tertiary/aromatic N) is 4. The first-order valence-electron chi connectivity index (χ1n) is 7.57. The fraction of sp³-hybridized carbons (Fsp3) is 0.235. The molecule has 0 atom stereocenters. The highest BCUT2D eigenvalue weighted by molar-refractivity contribution is 5.92. The summed E-state index contributed by atoms with van der Waals surface area (Å²) in [7, 11) is 1.68. The van der Waals surface area contributed by atoms with Crippen molar-refractivity contribution in [2.24, 2.45) is 0 Å². The van der Waals surface area contributed by atoms with Crippen LogP contribution in [0.4, 0.5) is 4.39 Å². The monoisotopic (exact) mass is 328 g/mol. The number of aryl methyl sites for hydroxylation is 1. The number of halogens is 1. The summed E-state index contributed by atoms with van der Waals surface area (Å²) >= 11 is 0. The molecule has 0 radical (unpaired) electrons. The Labute approximate surface area is 138 Å². The van der Waals surface area contributed by atoms with Gasteiger partial charge in [-0.25, -0.2) is 4.39 Å². The van der Waals surface area contributed by atoms with Gasteiger partial charge >= 0.3 is 0 Å². The van der Waals surface area contributed by atoms with Gasteiger partial charge in [-0.3, -0.25) is 9.48 Å². The van der Waals surface area contributed by atoms with Gasteiger partial charge in [0.15, 0.2) is 11.5 Å². The van der Waals surface area contributed by atoms with Crippen LogP contribution >= 0.6 is 0 Å². The Hall–Kier alpha value is -2.96. The number of amides is 1. The van der Waals surface area contributed by atoms with Crippen molar-refractivity contribution < 1.29 is 13.7 Å². The maximum Gasteiger partial charge on any atom is 0.276 e. The van der Waals surface area contributed by atoms with E-state index in [2.05, 4.69) is 10.3 Å². The van der Waals surface area contributed by atoms with Gasteiger partial charge in [0.05, 0.1) is 12.2 Å². The van der Waals surface area contributed by atoms with Crippen LogP contribution in [0.1, 0.15) is 23.1 Å². The van der Waals surface area contributed by atoms with E-state index in [-0.39, 0.29) is 17.4 Å². The van der Waals surface area contributed by atoms with Crippen molar-refractivity contribution in [1.29, 1.82) is 0 Å². The smallest absolute Gasteiger partial charge is 0.276 e. The maximum absolute atomic E-state index is 13.0. The van der Waals surface area contributed by atoms with E-state index in [0.29, 0.717) is 17.9 Å². The highest BCUT2D eigenvalue weighted by Crippen LogP contribution is 2.21. The molecule has 6 nitrogen and oxygen atoms in total. The molecule has 0 spiro atoms. The van der Waals surface area contributed by atoms with Gasteiger partial charge in [0.25, 0.3) is 5.91 Å². The summed E-state index contributed by atoms with van der Waals surface area (Å²) < 4.78 is 20.0. The molecule has 1 amide bonds. The van der Waals surface area contributed by atoms with Gasteiger partial charge in [-0.1, -0.05) is 5.16 Å². The minimum absolute atomic E-state index is 0.201. The Kier molecular flexibility index (Phi) is 4.41. The predicted molar refractivity (Wildman–Crippen MR) is 85.6 cm³/mol. The van der Waals surface area contributed by atoms with Crippen LogP contribution in [0.25, 0.3) is 11.3 Å². The first kappa shape index (κ1) is 15.9. The van der Waals surface area contributed by atoms with Gasteiger partial charge in [0.1, 0.15) is 5.82 Å². The zero-order valence-electron chi connectivity index (χ0n) is 13.4. The molecule has 124 valence electrons. The summed E-state index contributed by atoms with van der Waals surface area (Å²) in [5.41, 5.74) is 1.66. The molecular formula is C17H17FN4O2. The third-order valence-electron chi connectivity index (χ3n) is 3.62. The summed E-state index contributed by atoms with van der Waals surface area (Å²) in [5.74, 6) is -0.180. The van der Waals surface area contributed by atoms with Crippen molar-refractivity contribution in [3.05, 3.63) is 59.8 Å². The molecule has 24 heavy (non-hydrogen) atoms. The van der Waals surface area contributed by atoms with Crippen molar-refractivity contribution in [2.75, 3.05) is 7.05 Å². The summed E-state index contributed by atoms with van der Waals surface area (Å²) in [4.78, 5) is 14.0. The second-order valence-corrected chi connectivity index (χ2v) is 5.41. The normalized spacial score (nSPS) is 10.8. The molecule has 0 aliphatic carbocycles. The average molecular weight is 328 g/mol. The van der Waals surface area contributed by atoms with Crippen molar-refractivity contribution in [3.8, 4) is 11.3 Å². The van der Waals surface area contributed by atoms with Crippen LogP contribution in [0, 0.1) is 5.82 Å². The maximum atomic E-state index is 13.0. The summed E-state index contributed by atoms with van der Waals surface area (Å²) in [5, 5.41) is 8.16. The van der Waals surface area contributed by atoms with Gasteiger partial charge in [0, 0.05) is 31.4 Å². The molecule has 0 fully saturated rings. The minimum atomic E-state index is -0.333. The fourth-order valence-electron chi connectivity index (χ4n) is 2.30. The number of benzene rings is 1. The van der Waals surface area contributed by atoms with Gasteiger partial charge in [-0.15, -0.1) is 0 Å². The lowest BCUT2D eigenvalue weighted by molar-refractivity contribution is 0.0773. The van der Waals surface area contributed by atoms with E-state index in [1.54, 1.807) is 29.9 Å². The molecule has 0 saturated carbocycles. The highest BCUT2D eigenvalue weighted by Gasteiger charge is 2.18. The van der Waals surface area contributed by atoms with E-state index in [1.807, 2.05) is 19.2 Å². The molecular weight excluding hydrogens is 311 g/mol. The number of rotatable bonds is 5. The molecule has 3 rings (SSSR count). The Balaban J connectivity index is 1.71. The topological polar surface area (TPSA) is 64.2 Å². The Bertz CT molecular complexity index is 838. The lowest BCUT2D eigenvalue weighted by atomic mass is 10.1. The predicted octanol–water partition coefficient (Wildman–Crippen LogP) is 2.97. The SMILES string of the molecule is CCn1ccc(CN(C)C(=O)c2cc(-c3ccc(F)cc3)on2)n1. The molecule has 2 heterocycles. The lowest BCUT2D eigenvalue weighted by Gasteiger charge is -2.13. The molecule has 0 saturated heterocycles. The molecule has 0 N–H and O–H groups in total. The lowest BCUT2D eigenvalue weighted by Crippen LogP contribution is -2.26. The average Bonchev–Trinajstić information content (AvgIpc) is 3.24. The largest absolute Gasteiger partial charge is 0.355 e. The van der Waals surface area contributed by atoms with E-state index in [9.17, 15) is 9.18 Å². The van der Waals surface area contributed by atoms with Gasteiger partial charge in [0.2, 0.25) is 0 Å². The van der Waals surface area contributed by atoms with Gasteiger partial charge in [-0.2, -0.15) is 5.10 Å². The standard InChI is InChI=1S/C17H17FN4O2/c1-3-22-9-8-14(19-22)11-21(2)17(23)15-10-16(24-20-15)12-4-6-13(18)7-5-12/h4-10H,3,11H2,1-2H3. The van der Waals surface area contributed by atoms with E-state index < -0.39 is 0 Å². The fourth-order valence-corrected chi connectivity index (χ4v) is 2.30. The number of aromatic nitrogens is 3. The van der Waals surface area contributed by atoms with Crippen LogP contribution in [0.5, 0.6) is 0 Å². The first-order chi connectivity index (χ1) is 11.6. The molecule has 1 aromatic carbocycles. The third kappa shape index (κ3) is 3.34. The summed E-state index contributed by atoms with van der Waals surface area (Å²) in [6, 6.07) is 9.23. The van der Waals surface area contributed by atoms with E-state index >= 15 is 0 Å². The Morgan fingerprint density at radius 1 is 1.29 bits per heavy atom. The Morgan fingerprint density at radius 2 is 2.04 bits per heavy atom. The third-order valence-corrected chi connectivity index (χ3v) is 3.62. The number of hydrogen-bond acceptors (Lipinski definition) is 4. The summed E-state index contributed by atoms with van der Waals surface area (Å²) in [6.07, 6.45) is 1.87. The van der Waals surface area contributed by atoms with E-state index in [1.165, 1.54) is 17.0 Å². The minimum Gasteiger partial charge on any atom is -0.355 e. The van der Waals surface area contributed by atoms with Crippen LogP contribution in [0.15, 0.2) is 47.1 Å². The molecule has 0 bridgehead atoms. The van der Waals surface area contributed by atoms with Crippen LogP contribution < -0.4 is 0 Å². The zero-order valence-corrected chi connectivity index (χ0v) is 13.4. The quantitative estimate of drug-likeness (QED) is 0.722. The second kappa shape index (κ2) is 6.66. The molecule has 2 aromatic heterocycles. The van der Waals surface area contributed by atoms with Crippen molar-refractivity contribution in [3.63, 3.8) is 0 Å². The molecule has 3 aromatic rings. The zero-order chi connectivity index (χ0) is 17.1. The number of carbonyl (C=O) groups excluding carboxylic acids is 1. The van der Waals surface area contributed by atoms with Crippen molar-refractivity contribution in [2.45, 2.75) is 20.0 Å². The van der Waals surface area contributed by atoms with E-state index in [0.717, 1.165) is 12.2 Å². The van der Waals surface area contributed by atoms with Crippen LogP contribution in [-0.4, -0.2) is 32.8 Å². The Morgan fingerprint density at radius 3 is 2.71 bits per heavy atom.